The van der Waals surface area contributed by atoms with Crippen molar-refractivity contribution in [1.82, 2.24) is 4.72 Å². The Morgan fingerprint density at radius 3 is 2.65 bits per heavy atom. The van der Waals surface area contributed by atoms with Crippen LogP contribution in [0.4, 0.5) is 5.69 Å². The normalized spacial score (nSPS) is 11.7. The first-order chi connectivity index (χ1) is 9.40. The summed E-state index contributed by atoms with van der Waals surface area (Å²) >= 11 is 8.11. The molecule has 108 valence electrons. The standard InChI is InChI=1S/C12H12Br2N2O2S2/c13-8-6-10(14)12(11(15)7-8)20(17,18)16-4-3-9-2-1-5-19-9/h1-2,5-7,16H,3-4,15H2. The summed E-state index contributed by atoms with van der Waals surface area (Å²) in [6.07, 6.45) is 0.658. The lowest BCUT2D eigenvalue weighted by molar-refractivity contribution is 0.582. The lowest BCUT2D eigenvalue weighted by Crippen LogP contribution is -2.27. The van der Waals surface area contributed by atoms with Crippen molar-refractivity contribution in [2.45, 2.75) is 11.3 Å². The van der Waals surface area contributed by atoms with E-state index in [9.17, 15) is 8.42 Å². The largest absolute Gasteiger partial charge is 0.398 e. The minimum absolute atomic E-state index is 0.0758. The Hall–Kier alpha value is -0.410. The van der Waals surface area contributed by atoms with Crippen LogP contribution in [0, 0.1) is 0 Å². The first-order valence-electron chi connectivity index (χ1n) is 5.67. The Balaban J connectivity index is 2.14. The number of hydrogen-bond acceptors (Lipinski definition) is 4. The van der Waals surface area contributed by atoms with Gasteiger partial charge in [0.2, 0.25) is 10.0 Å². The van der Waals surface area contributed by atoms with Crippen molar-refractivity contribution in [3.8, 4) is 0 Å². The molecule has 0 atom stereocenters. The van der Waals surface area contributed by atoms with Crippen molar-refractivity contribution in [2.75, 3.05) is 12.3 Å². The maximum atomic E-state index is 12.3. The van der Waals surface area contributed by atoms with Crippen LogP contribution in [0.25, 0.3) is 0 Å². The van der Waals surface area contributed by atoms with Gasteiger partial charge in [-0.2, -0.15) is 0 Å². The average molecular weight is 440 g/mol. The second-order valence-electron chi connectivity index (χ2n) is 4.03. The van der Waals surface area contributed by atoms with E-state index in [1.807, 2.05) is 17.5 Å². The van der Waals surface area contributed by atoms with Crippen LogP contribution in [0.1, 0.15) is 4.88 Å². The quantitative estimate of drug-likeness (QED) is 0.701. The number of anilines is 1. The summed E-state index contributed by atoms with van der Waals surface area (Å²) in [6, 6.07) is 7.14. The number of benzene rings is 1. The summed E-state index contributed by atoms with van der Waals surface area (Å²) in [6.45, 7) is 0.338. The lowest BCUT2D eigenvalue weighted by Gasteiger charge is -2.11. The highest BCUT2D eigenvalue weighted by Crippen LogP contribution is 2.31. The molecule has 1 heterocycles. The van der Waals surface area contributed by atoms with E-state index < -0.39 is 10.0 Å². The van der Waals surface area contributed by atoms with E-state index in [-0.39, 0.29) is 10.6 Å². The van der Waals surface area contributed by atoms with Gasteiger partial charge in [0.1, 0.15) is 4.90 Å². The fourth-order valence-electron chi connectivity index (χ4n) is 1.70. The molecule has 0 aliphatic heterocycles. The van der Waals surface area contributed by atoms with E-state index >= 15 is 0 Å². The number of nitrogens with one attached hydrogen (secondary N) is 1. The molecule has 0 saturated heterocycles. The van der Waals surface area contributed by atoms with Crippen LogP contribution in [0.5, 0.6) is 0 Å². The molecule has 2 rings (SSSR count). The molecular formula is C12H12Br2N2O2S2. The molecule has 20 heavy (non-hydrogen) atoms. The van der Waals surface area contributed by atoms with E-state index in [1.165, 1.54) is 0 Å². The number of nitrogens with two attached hydrogens (primary N) is 1. The third-order valence-corrected chi connectivity index (χ3v) is 6.41. The van der Waals surface area contributed by atoms with Crippen molar-refractivity contribution in [3.05, 3.63) is 43.5 Å². The highest BCUT2D eigenvalue weighted by atomic mass is 79.9. The number of rotatable bonds is 5. The summed E-state index contributed by atoms with van der Waals surface area (Å²) < 4.78 is 28.3. The fraction of sp³-hybridized carbons (Fsp3) is 0.167. The first kappa shape index (κ1) is 16.0. The number of hydrogen-bond donors (Lipinski definition) is 2. The minimum atomic E-state index is -3.63. The first-order valence-corrected chi connectivity index (χ1v) is 9.61. The number of thiophene rings is 1. The molecule has 1 aromatic carbocycles. The smallest absolute Gasteiger partial charge is 0.243 e. The molecule has 0 radical (unpaired) electrons. The van der Waals surface area contributed by atoms with Crippen molar-refractivity contribution >= 4 is 58.9 Å². The zero-order chi connectivity index (χ0) is 14.8. The van der Waals surface area contributed by atoms with Gasteiger partial charge in [0.25, 0.3) is 0 Å². The highest BCUT2D eigenvalue weighted by Gasteiger charge is 2.21. The Morgan fingerprint density at radius 2 is 2.05 bits per heavy atom. The predicted molar refractivity (Wildman–Crippen MR) is 89.5 cm³/mol. The molecule has 0 unspecified atom stereocenters. The number of nitrogen functional groups attached to an aromatic ring is 1. The van der Waals surface area contributed by atoms with Crippen LogP contribution in [0.2, 0.25) is 0 Å². The molecule has 8 heteroatoms. The van der Waals surface area contributed by atoms with Gasteiger partial charge in [-0.3, -0.25) is 0 Å². The van der Waals surface area contributed by atoms with Gasteiger partial charge in [-0.05, 0) is 45.9 Å². The average Bonchev–Trinajstić information content (AvgIpc) is 2.79. The third-order valence-electron chi connectivity index (χ3n) is 2.55. The summed E-state index contributed by atoms with van der Waals surface area (Å²) in [7, 11) is -3.63. The van der Waals surface area contributed by atoms with E-state index in [4.69, 9.17) is 5.73 Å². The molecule has 0 fully saturated rings. The van der Waals surface area contributed by atoms with Crippen molar-refractivity contribution < 1.29 is 8.42 Å². The minimum Gasteiger partial charge on any atom is -0.398 e. The van der Waals surface area contributed by atoms with Crippen LogP contribution >= 0.6 is 43.2 Å². The van der Waals surface area contributed by atoms with Gasteiger partial charge >= 0.3 is 0 Å². The fourth-order valence-corrected chi connectivity index (χ4v) is 5.51. The molecule has 1 aromatic heterocycles. The van der Waals surface area contributed by atoms with E-state index in [0.717, 1.165) is 9.35 Å². The highest BCUT2D eigenvalue weighted by molar-refractivity contribution is 9.11. The molecule has 0 aliphatic carbocycles. The topological polar surface area (TPSA) is 72.2 Å². The van der Waals surface area contributed by atoms with Gasteiger partial charge in [0.15, 0.2) is 0 Å². The van der Waals surface area contributed by atoms with Crippen LogP contribution < -0.4 is 10.5 Å². The lowest BCUT2D eigenvalue weighted by atomic mass is 10.3. The molecule has 3 N–H and O–H groups in total. The molecule has 2 aromatic rings. The van der Waals surface area contributed by atoms with Gasteiger partial charge in [-0.1, -0.05) is 22.0 Å². The van der Waals surface area contributed by atoms with Gasteiger partial charge < -0.3 is 5.73 Å². The van der Waals surface area contributed by atoms with Gasteiger partial charge in [0.05, 0.1) is 5.69 Å². The van der Waals surface area contributed by atoms with Gasteiger partial charge in [0, 0.05) is 20.4 Å². The number of sulfonamides is 1. The zero-order valence-corrected chi connectivity index (χ0v) is 15.1. The second kappa shape index (κ2) is 6.57. The van der Waals surface area contributed by atoms with Crippen molar-refractivity contribution in [2.24, 2.45) is 0 Å². The van der Waals surface area contributed by atoms with Crippen LogP contribution in [0.15, 0.2) is 43.5 Å². The summed E-state index contributed by atoms with van der Waals surface area (Å²) in [5, 5.41) is 1.97. The molecule has 0 amide bonds. The van der Waals surface area contributed by atoms with Crippen molar-refractivity contribution in [1.29, 1.82) is 0 Å². The summed E-state index contributed by atoms with van der Waals surface area (Å²) in [4.78, 5) is 1.21. The number of halogens is 2. The maximum Gasteiger partial charge on any atom is 0.243 e. The second-order valence-corrected chi connectivity index (χ2v) is 8.54. The van der Waals surface area contributed by atoms with Gasteiger partial charge in [-0.25, -0.2) is 13.1 Å². The predicted octanol–water partition coefficient (Wildman–Crippen LogP) is 3.38. The monoisotopic (exact) mass is 438 g/mol. The zero-order valence-electron chi connectivity index (χ0n) is 10.3. The SMILES string of the molecule is Nc1cc(Br)cc(Br)c1S(=O)(=O)NCCc1cccs1. The Labute approximate surface area is 138 Å². The maximum absolute atomic E-state index is 12.3. The molecular weight excluding hydrogens is 428 g/mol. The Kier molecular flexibility index (Phi) is 5.25. The van der Waals surface area contributed by atoms with Crippen LogP contribution in [0.3, 0.4) is 0 Å². The molecule has 0 saturated carbocycles. The van der Waals surface area contributed by atoms with E-state index in [1.54, 1.807) is 23.5 Å². The van der Waals surface area contributed by atoms with E-state index in [0.29, 0.717) is 17.4 Å². The van der Waals surface area contributed by atoms with Gasteiger partial charge in [-0.15, -0.1) is 11.3 Å². The van der Waals surface area contributed by atoms with E-state index in [2.05, 4.69) is 36.6 Å². The molecule has 4 nitrogen and oxygen atoms in total. The summed E-state index contributed by atoms with van der Waals surface area (Å²) in [5.41, 5.74) is 6.00. The van der Waals surface area contributed by atoms with Crippen LogP contribution in [-0.2, 0) is 16.4 Å². The molecule has 0 spiro atoms. The molecule has 0 bridgehead atoms. The molecule has 0 aliphatic rings. The third kappa shape index (κ3) is 3.82. The summed E-state index contributed by atoms with van der Waals surface area (Å²) in [5.74, 6) is 0. The van der Waals surface area contributed by atoms with Crippen LogP contribution in [-0.4, -0.2) is 15.0 Å². The van der Waals surface area contributed by atoms with Crippen molar-refractivity contribution in [3.63, 3.8) is 0 Å². The Bertz CT molecular complexity index is 677. The Morgan fingerprint density at radius 1 is 1.30 bits per heavy atom.